The molecule has 0 atom stereocenters. The normalized spacial score (nSPS) is 14.1. The van der Waals surface area contributed by atoms with Crippen LogP contribution in [0.3, 0.4) is 0 Å². The Morgan fingerprint density at radius 2 is 2.10 bits per heavy atom. The van der Waals surface area contributed by atoms with Gasteiger partial charge in [0.05, 0.1) is 5.56 Å². The Balaban J connectivity index is 1.37. The summed E-state index contributed by atoms with van der Waals surface area (Å²) in [5.74, 6) is 1.37. The van der Waals surface area contributed by atoms with Crippen LogP contribution in [0.15, 0.2) is 34.9 Å². The number of hydrogen-bond donors (Lipinski definition) is 1. The largest absolute Gasteiger partial charge is 0.360 e. The summed E-state index contributed by atoms with van der Waals surface area (Å²) >= 11 is 6.29. The molecule has 1 aliphatic heterocycles. The van der Waals surface area contributed by atoms with E-state index in [-0.39, 0.29) is 5.91 Å². The van der Waals surface area contributed by atoms with Gasteiger partial charge in [0.25, 0.3) is 5.91 Å². The van der Waals surface area contributed by atoms with E-state index in [1.807, 2.05) is 49.6 Å². The third-order valence-electron chi connectivity index (χ3n) is 5.52. The fourth-order valence-corrected chi connectivity index (χ4v) is 4.33. The molecule has 3 heterocycles. The number of benzene rings is 1. The molecular formula is C22H25ClN4O2. The van der Waals surface area contributed by atoms with Gasteiger partial charge in [-0.15, -0.1) is 0 Å². The van der Waals surface area contributed by atoms with Crippen molar-refractivity contribution in [2.75, 3.05) is 19.6 Å². The molecule has 0 saturated carbocycles. The van der Waals surface area contributed by atoms with Crippen molar-refractivity contribution in [2.45, 2.75) is 33.7 Å². The van der Waals surface area contributed by atoms with E-state index >= 15 is 0 Å². The molecule has 29 heavy (non-hydrogen) atoms. The number of aromatic nitrogens is 2. The highest BCUT2D eigenvalue weighted by molar-refractivity contribution is 6.31. The lowest BCUT2D eigenvalue weighted by Crippen LogP contribution is -2.38. The van der Waals surface area contributed by atoms with Crippen LogP contribution >= 0.6 is 11.6 Å². The first-order valence-electron chi connectivity index (χ1n) is 9.83. The van der Waals surface area contributed by atoms with Crippen LogP contribution in [0.25, 0.3) is 5.82 Å². The number of aryl methyl sites for hydroxylation is 2. The topological polar surface area (TPSA) is 63.3 Å². The molecule has 0 aliphatic carbocycles. The van der Waals surface area contributed by atoms with E-state index in [1.165, 1.54) is 11.1 Å². The molecule has 2 aromatic heterocycles. The van der Waals surface area contributed by atoms with Crippen molar-refractivity contribution in [3.05, 3.63) is 69.2 Å². The van der Waals surface area contributed by atoms with E-state index in [0.29, 0.717) is 17.9 Å². The van der Waals surface area contributed by atoms with Crippen LogP contribution in [0, 0.1) is 20.8 Å². The Bertz CT molecular complexity index is 1050. The number of nitrogens with zero attached hydrogens (tertiary/aromatic N) is 3. The predicted octanol–water partition coefficient (Wildman–Crippen LogP) is 3.83. The van der Waals surface area contributed by atoms with Crippen LogP contribution in [-0.2, 0) is 13.0 Å². The van der Waals surface area contributed by atoms with Gasteiger partial charge >= 0.3 is 0 Å². The average Bonchev–Trinajstić information content (AvgIpc) is 3.24. The molecule has 0 bridgehead atoms. The van der Waals surface area contributed by atoms with Gasteiger partial charge in [-0.25, -0.2) is 0 Å². The number of nitrogens with one attached hydrogen (secondary N) is 1. The number of hydrogen-bond acceptors (Lipinski definition) is 4. The van der Waals surface area contributed by atoms with E-state index in [9.17, 15) is 4.79 Å². The number of fused-ring (bicyclic) bond motifs is 1. The average molecular weight is 413 g/mol. The first kappa shape index (κ1) is 19.7. The van der Waals surface area contributed by atoms with Crippen molar-refractivity contribution < 1.29 is 9.32 Å². The van der Waals surface area contributed by atoms with E-state index in [4.69, 9.17) is 16.1 Å². The molecule has 1 aromatic carbocycles. The van der Waals surface area contributed by atoms with Crippen molar-refractivity contribution in [2.24, 2.45) is 0 Å². The first-order chi connectivity index (χ1) is 13.9. The summed E-state index contributed by atoms with van der Waals surface area (Å²) in [6.45, 7) is 8.96. The number of carbonyl (C=O) groups is 1. The maximum atomic E-state index is 12.7. The number of amides is 1. The van der Waals surface area contributed by atoms with Crippen LogP contribution in [0.1, 0.15) is 38.6 Å². The molecule has 7 heteroatoms. The standard InChI is InChI=1S/C22H25ClN4O2/c1-14-11-19(16(3)27(14)21-12-15(2)29-25-21)22(28)24-8-10-26-9-7-18-17(13-26)5-4-6-20(18)23/h4-6,11-12H,7-10,13H2,1-3H3,(H,24,28). The zero-order valence-corrected chi connectivity index (χ0v) is 17.7. The van der Waals surface area contributed by atoms with E-state index in [2.05, 4.69) is 21.4 Å². The van der Waals surface area contributed by atoms with Gasteiger partial charge in [-0.1, -0.05) is 28.9 Å². The Hall–Kier alpha value is -2.57. The first-order valence-corrected chi connectivity index (χ1v) is 10.2. The molecule has 1 aliphatic rings. The van der Waals surface area contributed by atoms with Crippen LogP contribution in [0.4, 0.5) is 0 Å². The molecule has 152 valence electrons. The highest BCUT2D eigenvalue weighted by atomic mass is 35.5. The fourth-order valence-electron chi connectivity index (χ4n) is 4.04. The van der Waals surface area contributed by atoms with Crippen LogP contribution in [0.5, 0.6) is 0 Å². The second kappa shape index (κ2) is 8.05. The summed E-state index contributed by atoms with van der Waals surface area (Å²) in [5, 5.41) is 7.98. The maximum absolute atomic E-state index is 12.7. The maximum Gasteiger partial charge on any atom is 0.253 e. The number of rotatable bonds is 5. The van der Waals surface area contributed by atoms with Crippen molar-refractivity contribution in [1.82, 2.24) is 19.9 Å². The van der Waals surface area contributed by atoms with E-state index in [1.54, 1.807) is 0 Å². The van der Waals surface area contributed by atoms with Crippen molar-refractivity contribution in [1.29, 1.82) is 0 Å². The lowest BCUT2D eigenvalue weighted by molar-refractivity contribution is 0.0946. The van der Waals surface area contributed by atoms with Gasteiger partial charge < -0.3 is 9.84 Å². The molecule has 0 unspecified atom stereocenters. The van der Waals surface area contributed by atoms with Crippen LogP contribution in [0.2, 0.25) is 5.02 Å². The Labute approximate surface area is 175 Å². The highest BCUT2D eigenvalue weighted by Gasteiger charge is 2.20. The minimum atomic E-state index is -0.0648. The van der Waals surface area contributed by atoms with Gasteiger partial charge in [0.2, 0.25) is 0 Å². The van der Waals surface area contributed by atoms with Crippen molar-refractivity contribution in [3.63, 3.8) is 0 Å². The third kappa shape index (κ3) is 3.95. The van der Waals surface area contributed by atoms with Gasteiger partial charge in [-0.05, 0) is 50.5 Å². The smallest absolute Gasteiger partial charge is 0.253 e. The summed E-state index contributed by atoms with van der Waals surface area (Å²) in [7, 11) is 0. The fraction of sp³-hybridized carbons (Fsp3) is 0.364. The van der Waals surface area contributed by atoms with Crippen molar-refractivity contribution in [3.8, 4) is 5.82 Å². The Morgan fingerprint density at radius 3 is 2.86 bits per heavy atom. The summed E-state index contributed by atoms with van der Waals surface area (Å²) in [4.78, 5) is 15.1. The minimum Gasteiger partial charge on any atom is -0.360 e. The zero-order chi connectivity index (χ0) is 20.5. The summed E-state index contributed by atoms with van der Waals surface area (Å²) in [5.41, 5.74) is 5.01. The molecule has 6 nitrogen and oxygen atoms in total. The number of halogens is 1. The second-order valence-electron chi connectivity index (χ2n) is 7.58. The lowest BCUT2D eigenvalue weighted by Gasteiger charge is -2.29. The van der Waals surface area contributed by atoms with Gasteiger partial charge in [-0.2, -0.15) is 0 Å². The monoisotopic (exact) mass is 412 g/mol. The van der Waals surface area contributed by atoms with Gasteiger partial charge in [0.1, 0.15) is 5.76 Å². The third-order valence-corrected chi connectivity index (χ3v) is 5.88. The Morgan fingerprint density at radius 1 is 1.28 bits per heavy atom. The molecule has 1 amide bonds. The van der Waals surface area contributed by atoms with Crippen LogP contribution in [-0.4, -0.2) is 40.2 Å². The molecule has 1 N–H and O–H groups in total. The lowest BCUT2D eigenvalue weighted by atomic mass is 10.00. The van der Waals surface area contributed by atoms with Gasteiger partial charge in [0, 0.05) is 48.7 Å². The molecular weight excluding hydrogens is 388 g/mol. The second-order valence-corrected chi connectivity index (χ2v) is 7.98. The molecule has 0 spiro atoms. The van der Waals surface area contributed by atoms with Gasteiger partial charge in [0.15, 0.2) is 5.82 Å². The van der Waals surface area contributed by atoms with Crippen LogP contribution < -0.4 is 5.32 Å². The molecule has 4 rings (SSSR count). The van der Waals surface area contributed by atoms with Gasteiger partial charge in [-0.3, -0.25) is 14.3 Å². The van der Waals surface area contributed by atoms with E-state index < -0.39 is 0 Å². The Kier molecular flexibility index (Phi) is 5.48. The molecule has 0 fully saturated rings. The molecule has 0 radical (unpaired) electrons. The number of carbonyl (C=O) groups excluding carboxylic acids is 1. The summed E-state index contributed by atoms with van der Waals surface area (Å²) in [6, 6.07) is 9.84. The van der Waals surface area contributed by atoms with E-state index in [0.717, 1.165) is 48.2 Å². The quantitative estimate of drug-likeness (QED) is 0.691. The summed E-state index contributed by atoms with van der Waals surface area (Å²) in [6.07, 6.45) is 0.946. The van der Waals surface area contributed by atoms with Crippen molar-refractivity contribution >= 4 is 17.5 Å². The molecule has 3 aromatic rings. The minimum absolute atomic E-state index is 0.0648. The predicted molar refractivity (Wildman–Crippen MR) is 113 cm³/mol. The molecule has 0 saturated heterocycles. The zero-order valence-electron chi connectivity index (χ0n) is 17.0. The highest BCUT2D eigenvalue weighted by Crippen LogP contribution is 2.25. The SMILES string of the molecule is Cc1cc(-n2c(C)cc(C(=O)NCCN3CCc4c(Cl)cccc4C3)c2C)no1. The summed E-state index contributed by atoms with van der Waals surface area (Å²) < 4.78 is 7.12.